The molecule has 0 amide bonds. The summed E-state index contributed by atoms with van der Waals surface area (Å²) in [6.45, 7) is 3.93. The number of rotatable bonds is 2. The molecule has 4 nitrogen and oxygen atoms in total. The maximum absolute atomic E-state index is 10.4. The van der Waals surface area contributed by atoms with Gasteiger partial charge in [-0.25, -0.2) is 0 Å². The minimum Gasteiger partial charge on any atom is -0.399 e. The van der Waals surface area contributed by atoms with Crippen molar-refractivity contribution < 1.29 is 13.9 Å². The van der Waals surface area contributed by atoms with Gasteiger partial charge in [-0.3, -0.25) is 0 Å². The summed E-state index contributed by atoms with van der Waals surface area (Å²) in [4.78, 5) is 10.4. The van der Waals surface area contributed by atoms with E-state index in [-0.39, 0.29) is 12.2 Å². The van der Waals surface area contributed by atoms with E-state index < -0.39 is 7.94 Å². The largest absolute Gasteiger partial charge is 0.414 e. The van der Waals surface area contributed by atoms with Gasteiger partial charge in [0.15, 0.2) is 6.16 Å². The van der Waals surface area contributed by atoms with E-state index in [1.165, 1.54) is 0 Å². The first kappa shape index (κ1) is 12.8. The highest BCUT2D eigenvalue weighted by atomic mass is 31.2. The highest BCUT2D eigenvalue weighted by Crippen LogP contribution is 2.64. The number of nitrogen functional groups attached to an aromatic ring is 1. The summed E-state index contributed by atoms with van der Waals surface area (Å²) in [5.41, 5.74) is 7.32. The van der Waals surface area contributed by atoms with Gasteiger partial charge in [0, 0.05) is 12.1 Å². The number of nitrogens with two attached hydrogens (primary N) is 1. The first-order valence-corrected chi connectivity index (χ1v) is 7.55. The number of anilines is 1. The van der Waals surface area contributed by atoms with E-state index in [1.54, 1.807) is 0 Å². The van der Waals surface area contributed by atoms with Gasteiger partial charge in [-0.15, -0.1) is 0 Å². The molecule has 1 heterocycles. The van der Waals surface area contributed by atoms with Crippen LogP contribution in [0.4, 0.5) is 5.69 Å². The first-order valence-electron chi connectivity index (χ1n) is 5.79. The fraction of sp³-hybridized carbons (Fsp3) is 0.500. The Labute approximate surface area is 102 Å². The van der Waals surface area contributed by atoms with Gasteiger partial charge in [-0.05, 0) is 31.5 Å². The molecule has 0 saturated carbocycles. The lowest BCUT2D eigenvalue weighted by Gasteiger charge is -2.29. The summed E-state index contributed by atoms with van der Waals surface area (Å²) in [5.74, 6) is 0. The van der Waals surface area contributed by atoms with Crippen LogP contribution in [0, 0.1) is 0 Å². The molecule has 5 heteroatoms. The number of benzene rings is 1. The van der Waals surface area contributed by atoms with Crippen LogP contribution in [0.25, 0.3) is 0 Å². The van der Waals surface area contributed by atoms with E-state index in [0.29, 0.717) is 11.8 Å². The fourth-order valence-corrected chi connectivity index (χ4v) is 4.24. The summed E-state index contributed by atoms with van der Waals surface area (Å²) >= 11 is 0. The Kier molecular flexibility index (Phi) is 3.69. The summed E-state index contributed by atoms with van der Waals surface area (Å²) < 4.78 is 11.2. The topological polar surface area (TPSA) is 64.7 Å². The van der Waals surface area contributed by atoms with Gasteiger partial charge in [0.25, 0.3) is 0 Å². The third-order valence-corrected chi connectivity index (χ3v) is 4.86. The Morgan fingerprint density at radius 3 is 2.29 bits per heavy atom. The van der Waals surface area contributed by atoms with Gasteiger partial charge in [-0.1, -0.05) is 12.1 Å². The van der Waals surface area contributed by atoms with Crippen LogP contribution >= 0.6 is 7.94 Å². The third kappa shape index (κ3) is 3.39. The van der Waals surface area contributed by atoms with Gasteiger partial charge < -0.3 is 5.73 Å². The minimum atomic E-state index is -2.75. The predicted molar refractivity (Wildman–Crippen MR) is 69.4 cm³/mol. The van der Waals surface area contributed by atoms with Crippen molar-refractivity contribution in [1.82, 2.24) is 0 Å². The Morgan fingerprint density at radius 2 is 1.76 bits per heavy atom. The van der Waals surface area contributed by atoms with Crippen molar-refractivity contribution in [2.75, 3.05) is 5.73 Å². The van der Waals surface area contributed by atoms with Crippen LogP contribution in [-0.4, -0.2) is 17.1 Å². The molecule has 3 N–H and O–H groups in total. The monoisotopic (exact) mass is 256 g/mol. The molecule has 1 aromatic rings. The van der Waals surface area contributed by atoms with Crippen LogP contribution in [-0.2, 0) is 15.2 Å². The lowest BCUT2D eigenvalue weighted by atomic mass is 10.2. The quantitative estimate of drug-likeness (QED) is 0.630. The van der Waals surface area contributed by atoms with Crippen LogP contribution in [0.15, 0.2) is 24.3 Å². The first-order chi connectivity index (χ1) is 7.97. The van der Waals surface area contributed by atoms with Crippen molar-refractivity contribution in [3.63, 3.8) is 0 Å². The molecule has 2 atom stereocenters. The summed E-state index contributed by atoms with van der Waals surface area (Å²) in [5, 5.41) is 0. The summed E-state index contributed by atoms with van der Waals surface area (Å²) in [7, 11) is -2.75. The molecule has 0 spiro atoms. The molecule has 0 bridgehead atoms. The highest BCUT2D eigenvalue weighted by Gasteiger charge is 2.48. The van der Waals surface area contributed by atoms with E-state index >= 15 is 0 Å². The van der Waals surface area contributed by atoms with Gasteiger partial charge >= 0.3 is 7.94 Å². The lowest BCUT2D eigenvalue weighted by molar-refractivity contribution is 0.0294. The maximum Gasteiger partial charge on any atom is 0.414 e. The molecule has 1 saturated heterocycles. The normalized spacial score (nSPS) is 33.6. The zero-order valence-corrected chi connectivity index (χ0v) is 11.1. The fourth-order valence-electron chi connectivity index (χ4n) is 2.07. The zero-order valence-electron chi connectivity index (χ0n) is 10.2. The molecule has 1 aliphatic rings. The Balaban J connectivity index is 2.08. The van der Waals surface area contributed by atoms with Crippen molar-refractivity contribution in [2.45, 2.75) is 38.6 Å². The van der Waals surface area contributed by atoms with Gasteiger partial charge in [-0.2, -0.15) is 13.9 Å². The molecule has 2 rings (SSSR count). The van der Waals surface area contributed by atoms with Crippen molar-refractivity contribution >= 4 is 13.6 Å². The predicted octanol–water partition coefficient (Wildman–Crippen LogP) is 2.74. The second kappa shape index (κ2) is 4.91. The molecule has 0 aromatic heterocycles. The van der Waals surface area contributed by atoms with Crippen molar-refractivity contribution in [3.8, 4) is 0 Å². The van der Waals surface area contributed by atoms with E-state index in [4.69, 9.17) is 14.8 Å². The van der Waals surface area contributed by atoms with Gasteiger partial charge in [0.05, 0.1) is 0 Å². The summed E-state index contributed by atoms with van der Waals surface area (Å²) in [6.07, 6.45) is 1.34. The van der Waals surface area contributed by atoms with Crippen molar-refractivity contribution in [1.29, 1.82) is 0 Å². The molecule has 0 radical (unpaired) electrons. The standard InChI is InChI=1S/C12H19NO3P/c1-9-7-10(2)16-17(14,15-9)8-11-3-5-12(13)6-4-11/h3-6,9-10,14H,7-8,13H2,1-2H3/q+1. The molecule has 1 fully saturated rings. The Hall–Kier alpha value is -0.670. The maximum atomic E-state index is 10.4. The summed E-state index contributed by atoms with van der Waals surface area (Å²) in [6, 6.07) is 7.42. The minimum absolute atomic E-state index is 0.0471. The number of hydrogen-bond acceptors (Lipinski definition) is 4. The van der Waals surface area contributed by atoms with Gasteiger partial charge in [0.2, 0.25) is 0 Å². The average Bonchev–Trinajstić information content (AvgIpc) is 2.19. The van der Waals surface area contributed by atoms with E-state index in [0.717, 1.165) is 12.0 Å². The second-order valence-corrected chi connectivity index (χ2v) is 6.62. The highest BCUT2D eigenvalue weighted by molar-refractivity contribution is 7.59. The Bertz CT molecular complexity index is 372. The van der Waals surface area contributed by atoms with Crippen molar-refractivity contribution in [2.24, 2.45) is 0 Å². The van der Waals surface area contributed by atoms with Crippen LogP contribution in [0.5, 0.6) is 0 Å². The number of hydrogen-bond donors (Lipinski definition) is 2. The molecule has 1 aliphatic heterocycles. The molecular weight excluding hydrogens is 237 g/mol. The molecule has 94 valence electrons. The lowest BCUT2D eigenvalue weighted by Crippen LogP contribution is -2.27. The van der Waals surface area contributed by atoms with Crippen LogP contribution in [0.3, 0.4) is 0 Å². The smallest absolute Gasteiger partial charge is 0.399 e. The molecular formula is C12H19NO3P+. The third-order valence-electron chi connectivity index (χ3n) is 2.72. The van der Waals surface area contributed by atoms with Crippen LogP contribution < -0.4 is 5.73 Å². The van der Waals surface area contributed by atoms with Crippen LogP contribution in [0.1, 0.15) is 25.8 Å². The van der Waals surface area contributed by atoms with E-state index in [1.807, 2.05) is 38.1 Å². The SMILES string of the molecule is CC1CC(C)O[P+](O)(Cc2ccc(N)cc2)O1. The Morgan fingerprint density at radius 1 is 1.24 bits per heavy atom. The van der Waals surface area contributed by atoms with Gasteiger partial charge in [0.1, 0.15) is 12.2 Å². The van der Waals surface area contributed by atoms with E-state index in [9.17, 15) is 4.89 Å². The van der Waals surface area contributed by atoms with Crippen molar-refractivity contribution in [3.05, 3.63) is 29.8 Å². The zero-order chi connectivity index (χ0) is 12.5. The van der Waals surface area contributed by atoms with Crippen LogP contribution in [0.2, 0.25) is 0 Å². The molecule has 0 aliphatic carbocycles. The molecule has 1 aromatic carbocycles. The van der Waals surface area contributed by atoms with E-state index in [2.05, 4.69) is 0 Å². The second-order valence-electron chi connectivity index (χ2n) is 4.60. The average molecular weight is 256 g/mol. The molecule has 2 unspecified atom stereocenters. The molecule has 17 heavy (non-hydrogen) atoms.